The number of hydrogen-bond acceptors (Lipinski definition) is 6. The third kappa shape index (κ3) is 3.87. The SMILES string of the molecule is CCCCCNC1C(=O)N2C(C(=O)O)C(COC(C)=O)=CS[C@H]12. The fourth-order valence-electron chi connectivity index (χ4n) is 2.70. The number of carboxylic acids is 1. The van der Waals surface area contributed by atoms with Crippen LogP contribution in [0.1, 0.15) is 33.1 Å². The second kappa shape index (κ2) is 7.83. The summed E-state index contributed by atoms with van der Waals surface area (Å²) in [5.41, 5.74) is 0.423. The van der Waals surface area contributed by atoms with Gasteiger partial charge in [-0.25, -0.2) is 4.79 Å². The highest BCUT2D eigenvalue weighted by Gasteiger charge is 2.55. The van der Waals surface area contributed by atoms with Gasteiger partial charge in [0.25, 0.3) is 0 Å². The number of carboxylic acid groups (broad SMARTS) is 1. The maximum atomic E-state index is 12.3. The van der Waals surface area contributed by atoms with Gasteiger partial charge in [0.1, 0.15) is 18.0 Å². The van der Waals surface area contributed by atoms with Crippen LogP contribution in [-0.4, -0.2) is 58.5 Å². The van der Waals surface area contributed by atoms with E-state index in [-0.39, 0.29) is 23.9 Å². The molecule has 0 radical (unpaired) electrons. The number of carbonyl (C=O) groups excluding carboxylic acids is 2. The van der Waals surface area contributed by atoms with Gasteiger partial charge in [0, 0.05) is 12.5 Å². The molecule has 2 aliphatic rings. The van der Waals surface area contributed by atoms with Crippen molar-refractivity contribution in [3.8, 4) is 0 Å². The summed E-state index contributed by atoms with van der Waals surface area (Å²) in [5, 5.41) is 14.1. The molecule has 0 aromatic carbocycles. The molecule has 7 nitrogen and oxygen atoms in total. The van der Waals surface area contributed by atoms with Crippen molar-refractivity contribution in [2.75, 3.05) is 13.2 Å². The monoisotopic (exact) mass is 342 g/mol. The highest BCUT2D eigenvalue weighted by Crippen LogP contribution is 2.40. The maximum absolute atomic E-state index is 12.3. The van der Waals surface area contributed by atoms with Crippen LogP contribution >= 0.6 is 11.8 Å². The van der Waals surface area contributed by atoms with Crippen LogP contribution in [0.5, 0.6) is 0 Å². The lowest BCUT2D eigenvalue weighted by Crippen LogP contribution is -2.73. The Labute approximate surface area is 139 Å². The van der Waals surface area contributed by atoms with Gasteiger partial charge in [-0.1, -0.05) is 19.8 Å². The number of amides is 1. The van der Waals surface area contributed by atoms with Gasteiger partial charge in [0.05, 0.1) is 0 Å². The van der Waals surface area contributed by atoms with Crippen molar-refractivity contribution in [2.24, 2.45) is 0 Å². The fourth-order valence-corrected chi connectivity index (χ4v) is 3.94. The van der Waals surface area contributed by atoms with E-state index in [1.807, 2.05) is 0 Å². The van der Waals surface area contributed by atoms with E-state index in [4.69, 9.17) is 4.74 Å². The van der Waals surface area contributed by atoms with Gasteiger partial charge in [0.15, 0.2) is 6.04 Å². The minimum Gasteiger partial charge on any atom is -0.479 e. The molecule has 0 spiro atoms. The van der Waals surface area contributed by atoms with Crippen LogP contribution in [0, 0.1) is 0 Å². The molecule has 23 heavy (non-hydrogen) atoms. The van der Waals surface area contributed by atoms with Crippen LogP contribution in [-0.2, 0) is 19.1 Å². The van der Waals surface area contributed by atoms with Crippen LogP contribution in [0.25, 0.3) is 0 Å². The number of aliphatic carboxylic acids is 1. The number of nitrogens with one attached hydrogen (secondary N) is 1. The highest BCUT2D eigenvalue weighted by molar-refractivity contribution is 8.02. The number of fused-ring (bicyclic) bond motifs is 1. The van der Waals surface area contributed by atoms with E-state index in [2.05, 4.69) is 12.2 Å². The molecule has 0 aromatic rings. The van der Waals surface area contributed by atoms with Crippen molar-refractivity contribution in [3.63, 3.8) is 0 Å². The standard InChI is InChI=1S/C15H22N2O5S/c1-3-4-5-6-16-11-13(19)17-12(15(20)21)10(7-22-9(2)18)8-23-14(11)17/h8,11-12,14,16H,3-7H2,1-2H3,(H,20,21)/t11?,12?,14-/m1/s1. The molecule has 2 rings (SSSR count). The van der Waals surface area contributed by atoms with Gasteiger partial charge in [0.2, 0.25) is 5.91 Å². The van der Waals surface area contributed by atoms with Gasteiger partial charge in [-0.15, -0.1) is 11.8 Å². The van der Waals surface area contributed by atoms with Crippen molar-refractivity contribution < 1.29 is 24.2 Å². The first-order valence-corrected chi connectivity index (χ1v) is 8.67. The quantitative estimate of drug-likeness (QED) is 0.385. The fraction of sp³-hybridized carbons (Fsp3) is 0.667. The zero-order chi connectivity index (χ0) is 17.0. The molecule has 2 N–H and O–H groups in total. The number of hydrogen-bond donors (Lipinski definition) is 2. The van der Waals surface area contributed by atoms with Crippen LogP contribution < -0.4 is 5.32 Å². The summed E-state index contributed by atoms with van der Waals surface area (Å²) in [6, 6.07) is -1.40. The molecule has 0 bridgehead atoms. The number of rotatable bonds is 8. The first-order valence-electron chi connectivity index (χ1n) is 7.73. The lowest BCUT2D eigenvalue weighted by atomic mass is 9.98. The Kier molecular flexibility index (Phi) is 6.06. The molecule has 2 unspecified atom stereocenters. The van der Waals surface area contributed by atoms with Gasteiger partial charge in [-0.2, -0.15) is 0 Å². The van der Waals surface area contributed by atoms with Gasteiger partial charge >= 0.3 is 11.9 Å². The molecule has 0 aromatic heterocycles. The third-order valence-corrected chi connectivity index (χ3v) is 5.11. The Morgan fingerprint density at radius 2 is 2.17 bits per heavy atom. The number of thioether (sulfide) groups is 1. The average Bonchev–Trinajstić information content (AvgIpc) is 2.51. The second-order valence-corrected chi connectivity index (χ2v) is 6.62. The van der Waals surface area contributed by atoms with Crippen LogP contribution in [0.15, 0.2) is 11.0 Å². The van der Waals surface area contributed by atoms with Crippen LogP contribution in [0.4, 0.5) is 0 Å². The van der Waals surface area contributed by atoms with Gasteiger partial charge in [-0.05, 0) is 18.4 Å². The summed E-state index contributed by atoms with van der Waals surface area (Å²) >= 11 is 1.40. The topological polar surface area (TPSA) is 95.9 Å². The third-order valence-electron chi connectivity index (χ3n) is 3.89. The normalized spacial score (nSPS) is 26.2. The summed E-state index contributed by atoms with van der Waals surface area (Å²) in [6.07, 6.45) is 3.20. The van der Waals surface area contributed by atoms with Gasteiger partial charge in [-0.3, -0.25) is 9.59 Å². The largest absolute Gasteiger partial charge is 0.479 e. The van der Waals surface area contributed by atoms with Crippen molar-refractivity contribution in [1.82, 2.24) is 10.2 Å². The Balaban J connectivity index is 2.01. The Morgan fingerprint density at radius 1 is 1.43 bits per heavy atom. The number of unbranched alkanes of at least 4 members (excludes halogenated alkanes) is 2. The molecule has 2 heterocycles. The molecule has 1 fully saturated rings. The summed E-state index contributed by atoms with van der Waals surface area (Å²) < 4.78 is 4.89. The second-order valence-electron chi connectivity index (χ2n) is 5.62. The minimum absolute atomic E-state index is 0.107. The first-order chi connectivity index (χ1) is 11.0. The molecular weight excluding hydrogens is 320 g/mol. The molecule has 0 aliphatic carbocycles. The Morgan fingerprint density at radius 3 is 2.78 bits per heavy atom. The summed E-state index contributed by atoms with van der Waals surface area (Å²) in [5.74, 6) is -1.79. The van der Waals surface area contributed by atoms with Crippen molar-refractivity contribution in [3.05, 3.63) is 11.0 Å². The number of esters is 1. The minimum atomic E-state index is -1.11. The average molecular weight is 342 g/mol. The van der Waals surface area contributed by atoms with Crippen molar-refractivity contribution >= 4 is 29.6 Å². The summed E-state index contributed by atoms with van der Waals surface area (Å²) in [4.78, 5) is 36.1. The molecule has 1 amide bonds. The van der Waals surface area contributed by atoms with E-state index >= 15 is 0 Å². The molecule has 0 saturated carbocycles. The number of ether oxygens (including phenoxy) is 1. The van der Waals surface area contributed by atoms with Crippen LogP contribution in [0.2, 0.25) is 0 Å². The van der Waals surface area contributed by atoms with E-state index < -0.39 is 18.0 Å². The predicted molar refractivity (Wildman–Crippen MR) is 85.7 cm³/mol. The number of nitrogens with zero attached hydrogens (tertiary/aromatic N) is 1. The van der Waals surface area contributed by atoms with E-state index in [9.17, 15) is 19.5 Å². The Hall–Kier alpha value is -1.54. The highest BCUT2D eigenvalue weighted by atomic mass is 32.2. The molecule has 3 atom stereocenters. The lowest BCUT2D eigenvalue weighted by Gasteiger charge is -2.51. The van der Waals surface area contributed by atoms with E-state index in [1.165, 1.54) is 23.6 Å². The molecular formula is C15H22N2O5S. The maximum Gasteiger partial charge on any atom is 0.330 e. The first kappa shape index (κ1) is 17.8. The Bertz CT molecular complexity index is 522. The zero-order valence-corrected chi connectivity index (χ0v) is 14.1. The summed E-state index contributed by atoms with van der Waals surface area (Å²) in [6.45, 7) is 4.02. The molecule has 8 heteroatoms. The molecule has 1 saturated heterocycles. The van der Waals surface area contributed by atoms with Gasteiger partial charge < -0.3 is 20.1 Å². The predicted octanol–water partition coefficient (Wildman–Crippen LogP) is 0.950. The van der Waals surface area contributed by atoms with Crippen molar-refractivity contribution in [2.45, 2.75) is 50.6 Å². The van der Waals surface area contributed by atoms with E-state index in [1.54, 1.807) is 5.41 Å². The molecule has 2 aliphatic heterocycles. The zero-order valence-electron chi connectivity index (χ0n) is 13.3. The number of carbonyl (C=O) groups is 3. The summed E-state index contributed by atoms with van der Waals surface area (Å²) in [7, 11) is 0. The number of β-lactam (4-membered cyclic amide) rings is 1. The van der Waals surface area contributed by atoms with Crippen molar-refractivity contribution in [1.29, 1.82) is 0 Å². The van der Waals surface area contributed by atoms with E-state index in [0.717, 1.165) is 25.8 Å². The van der Waals surface area contributed by atoms with Crippen LogP contribution in [0.3, 0.4) is 0 Å². The molecule has 128 valence electrons. The lowest BCUT2D eigenvalue weighted by molar-refractivity contribution is -0.159. The smallest absolute Gasteiger partial charge is 0.330 e. The van der Waals surface area contributed by atoms with E-state index in [0.29, 0.717) is 5.57 Å².